The molecule has 0 aliphatic rings. The number of hydrogen-bond donors (Lipinski definition) is 1. The summed E-state index contributed by atoms with van der Waals surface area (Å²) in [5.74, 6) is 0. The summed E-state index contributed by atoms with van der Waals surface area (Å²) in [5, 5.41) is 2.17. The van der Waals surface area contributed by atoms with Crippen molar-refractivity contribution in [2.24, 2.45) is 4.99 Å². The van der Waals surface area contributed by atoms with Crippen molar-refractivity contribution in [2.75, 3.05) is 19.8 Å². The van der Waals surface area contributed by atoms with E-state index in [1.54, 1.807) is 20.8 Å². The molecule has 1 N–H and O–H groups in total. The lowest BCUT2D eigenvalue weighted by molar-refractivity contribution is 0.153. The summed E-state index contributed by atoms with van der Waals surface area (Å²) in [7, 11) is 0. The number of nitrogens with one attached hydrogen (secondary N) is 1. The summed E-state index contributed by atoms with van der Waals surface area (Å²) in [6.45, 7) is 5.65. The topological polar surface area (TPSA) is 86.2 Å². The van der Waals surface area contributed by atoms with E-state index in [0.717, 1.165) is 0 Å². The van der Waals surface area contributed by atoms with E-state index in [2.05, 4.69) is 19.8 Å². The molecule has 0 radical (unpaired) electrons. The molecule has 2 amide bonds. The summed E-state index contributed by atoms with van der Waals surface area (Å²) >= 11 is 0. The van der Waals surface area contributed by atoms with E-state index in [4.69, 9.17) is 4.74 Å². The Bertz CT molecular complexity index is 265. The lowest BCUT2D eigenvalue weighted by Crippen LogP contribution is -2.33. The minimum absolute atomic E-state index is 0.196. The van der Waals surface area contributed by atoms with E-state index >= 15 is 0 Å². The summed E-state index contributed by atoms with van der Waals surface area (Å²) < 4.78 is 14.1. The maximum Gasteiger partial charge on any atom is 0.438 e. The maximum atomic E-state index is 11.0. The average molecular weight is 232 g/mol. The Balaban J connectivity index is 4.35. The number of alkyl carbamates (subject to hydrolysis) is 1. The van der Waals surface area contributed by atoms with Crippen LogP contribution in [-0.4, -0.2) is 38.0 Å². The summed E-state index contributed by atoms with van der Waals surface area (Å²) in [5.41, 5.74) is 0. The molecule has 0 fully saturated rings. The number of carbonyl (C=O) groups excluding carboxylic acids is 2. The minimum atomic E-state index is -0.831. The van der Waals surface area contributed by atoms with Crippen LogP contribution < -0.4 is 5.32 Å². The standard InChI is InChI=1S/C9H16N2O5/c1-4-14-7(10-8(12)15-5-2)11-9(13)16-6-3/h4-6H2,1-3H3,(H,10,11,12,13). The molecule has 92 valence electrons. The van der Waals surface area contributed by atoms with Gasteiger partial charge in [-0.05, 0) is 20.8 Å². The maximum absolute atomic E-state index is 11.0. The first-order valence-electron chi connectivity index (χ1n) is 4.96. The van der Waals surface area contributed by atoms with Crippen molar-refractivity contribution >= 4 is 18.2 Å². The first-order chi connectivity index (χ1) is 7.63. The van der Waals surface area contributed by atoms with Crippen molar-refractivity contribution in [1.82, 2.24) is 5.32 Å². The average Bonchev–Trinajstić information content (AvgIpc) is 2.18. The van der Waals surface area contributed by atoms with Crippen molar-refractivity contribution in [2.45, 2.75) is 20.8 Å². The number of aliphatic imine (C=N–C) groups is 1. The fraction of sp³-hybridized carbons (Fsp3) is 0.667. The smallest absolute Gasteiger partial charge is 0.438 e. The zero-order valence-corrected chi connectivity index (χ0v) is 9.61. The van der Waals surface area contributed by atoms with Crippen molar-refractivity contribution in [3.05, 3.63) is 0 Å². The van der Waals surface area contributed by atoms with E-state index in [0.29, 0.717) is 0 Å². The SMILES string of the molecule is CCOC(=O)N=C(NC(=O)OCC)OCC. The highest BCUT2D eigenvalue weighted by Gasteiger charge is 2.10. The van der Waals surface area contributed by atoms with Gasteiger partial charge in [-0.2, -0.15) is 0 Å². The second-order valence-corrected chi connectivity index (χ2v) is 2.39. The van der Waals surface area contributed by atoms with Crippen molar-refractivity contribution < 1.29 is 23.8 Å². The summed E-state index contributed by atoms with van der Waals surface area (Å²) in [6, 6.07) is -0.237. The molecule has 0 heterocycles. The van der Waals surface area contributed by atoms with E-state index in [-0.39, 0.29) is 25.8 Å². The zero-order valence-electron chi connectivity index (χ0n) is 9.61. The predicted molar refractivity (Wildman–Crippen MR) is 56.2 cm³/mol. The van der Waals surface area contributed by atoms with Crippen LogP contribution in [0.15, 0.2) is 4.99 Å². The molecule has 0 atom stereocenters. The monoisotopic (exact) mass is 232 g/mol. The number of hydrogen-bond acceptors (Lipinski definition) is 5. The van der Waals surface area contributed by atoms with Crippen molar-refractivity contribution in [1.29, 1.82) is 0 Å². The molecule has 0 aliphatic carbocycles. The Kier molecular flexibility index (Phi) is 7.56. The van der Waals surface area contributed by atoms with Gasteiger partial charge in [0.1, 0.15) is 0 Å². The number of nitrogens with zero attached hydrogens (tertiary/aromatic N) is 1. The predicted octanol–water partition coefficient (Wildman–Crippen LogP) is 1.28. The number of amidine groups is 1. The van der Waals surface area contributed by atoms with Crippen LogP contribution in [0.3, 0.4) is 0 Å². The molecule has 0 unspecified atom stereocenters. The van der Waals surface area contributed by atoms with Gasteiger partial charge < -0.3 is 14.2 Å². The zero-order chi connectivity index (χ0) is 12.4. The number of ether oxygens (including phenoxy) is 3. The van der Waals surface area contributed by atoms with Gasteiger partial charge in [-0.25, -0.2) is 14.9 Å². The Morgan fingerprint density at radius 2 is 1.56 bits per heavy atom. The molecule has 0 aromatic rings. The summed E-state index contributed by atoms with van der Waals surface area (Å²) in [6.07, 6.45) is -1.57. The summed E-state index contributed by atoms with van der Waals surface area (Å²) in [4.78, 5) is 25.4. The molecule has 0 spiro atoms. The Morgan fingerprint density at radius 3 is 2.06 bits per heavy atom. The van der Waals surface area contributed by atoms with E-state index < -0.39 is 12.2 Å². The first-order valence-corrected chi connectivity index (χ1v) is 4.96. The van der Waals surface area contributed by atoms with Gasteiger partial charge in [0.2, 0.25) is 0 Å². The fourth-order valence-electron chi connectivity index (χ4n) is 0.726. The number of rotatable bonds is 3. The Hall–Kier alpha value is -1.79. The third-order valence-electron chi connectivity index (χ3n) is 1.23. The molecule has 0 rings (SSSR count). The second kappa shape index (κ2) is 8.51. The molecule has 16 heavy (non-hydrogen) atoms. The van der Waals surface area contributed by atoms with E-state index in [1.807, 2.05) is 0 Å². The van der Waals surface area contributed by atoms with Crippen LogP contribution in [0.25, 0.3) is 0 Å². The van der Waals surface area contributed by atoms with Gasteiger partial charge in [-0.15, -0.1) is 4.99 Å². The van der Waals surface area contributed by atoms with Crippen LogP contribution in [0, 0.1) is 0 Å². The fourth-order valence-corrected chi connectivity index (χ4v) is 0.726. The number of amides is 2. The third-order valence-corrected chi connectivity index (χ3v) is 1.23. The second-order valence-electron chi connectivity index (χ2n) is 2.39. The highest BCUT2D eigenvalue weighted by molar-refractivity contribution is 5.95. The van der Waals surface area contributed by atoms with Crippen LogP contribution in [0.2, 0.25) is 0 Å². The Labute approximate surface area is 93.8 Å². The lowest BCUT2D eigenvalue weighted by Gasteiger charge is -2.07. The molecule has 0 saturated heterocycles. The highest BCUT2D eigenvalue weighted by atomic mass is 16.6. The van der Waals surface area contributed by atoms with Crippen LogP contribution >= 0.6 is 0 Å². The molecule has 0 aliphatic heterocycles. The minimum Gasteiger partial charge on any atom is -0.465 e. The van der Waals surface area contributed by atoms with Crippen LogP contribution in [0.1, 0.15) is 20.8 Å². The molecular formula is C9H16N2O5. The van der Waals surface area contributed by atoms with Gasteiger partial charge in [0.05, 0.1) is 19.8 Å². The lowest BCUT2D eigenvalue weighted by atomic mass is 10.8. The van der Waals surface area contributed by atoms with Crippen LogP contribution in [-0.2, 0) is 14.2 Å². The van der Waals surface area contributed by atoms with Crippen LogP contribution in [0.5, 0.6) is 0 Å². The highest BCUT2D eigenvalue weighted by Crippen LogP contribution is 1.88. The van der Waals surface area contributed by atoms with Gasteiger partial charge in [-0.1, -0.05) is 0 Å². The van der Waals surface area contributed by atoms with Gasteiger partial charge in [0.25, 0.3) is 0 Å². The van der Waals surface area contributed by atoms with E-state index in [9.17, 15) is 9.59 Å². The quantitative estimate of drug-likeness (QED) is 0.585. The van der Waals surface area contributed by atoms with Crippen molar-refractivity contribution in [3.8, 4) is 0 Å². The third kappa shape index (κ3) is 6.63. The molecule has 0 aromatic heterocycles. The molecule has 7 heteroatoms. The molecule has 0 saturated carbocycles. The molecule has 7 nitrogen and oxygen atoms in total. The molecule has 0 bridgehead atoms. The van der Waals surface area contributed by atoms with Gasteiger partial charge >= 0.3 is 18.2 Å². The van der Waals surface area contributed by atoms with Gasteiger partial charge in [0, 0.05) is 0 Å². The van der Waals surface area contributed by atoms with E-state index in [1.165, 1.54) is 0 Å². The van der Waals surface area contributed by atoms with Crippen molar-refractivity contribution in [3.63, 3.8) is 0 Å². The first kappa shape index (κ1) is 14.2. The van der Waals surface area contributed by atoms with Crippen LogP contribution in [0.4, 0.5) is 9.59 Å². The normalized spacial score (nSPS) is 10.6. The van der Waals surface area contributed by atoms with Gasteiger partial charge in [0.15, 0.2) is 0 Å². The largest absolute Gasteiger partial charge is 0.465 e. The molecule has 0 aromatic carbocycles. The Morgan fingerprint density at radius 1 is 1.00 bits per heavy atom. The number of carbonyl (C=O) groups is 2. The molecular weight excluding hydrogens is 216 g/mol. The van der Waals surface area contributed by atoms with Gasteiger partial charge in [-0.3, -0.25) is 0 Å².